The van der Waals surface area contributed by atoms with Crippen molar-refractivity contribution in [3.8, 4) is 5.75 Å². The van der Waals surface area contributed by atoms with Gasteiger partial charge < -0.3 is 4.74 Å². The highest BCUT2D eigenvalue weighted by Gasteiger charge is 2.33. The third-order valence-corrected chi connectivity index (χ3v) is 10.9. The van der Waals surface area contributed by atoms with Gasteiger partial charge in [-0.15, -0.1) is 0 Å². The van der Waals surface area contributed by atoms with Crippen LogP contribution in [0.4, 0.5) is 0 Å². The number of hydrogen-bond donors (Lipinski definition) is 0. The Morgan fingerprint density at radius 2 is 1.73 bits per heavy atom. The summed E-state index contributed by atoms with van der Waals surface area (Å²) in [5.41, 5.74) is 0. The van der Waals surface area contributed by atoms with Gasteiger partial charge >= 0.3 is 0 Å². The lowest BCUT2D eigenvalue weighted by Gasteiger charge is -2.44. The van der Waals surface area contributed by atoms with Gasteiger partial charge in [0, 0.05) is 18.5 Å². The fraction of sp³-hybridized carbons (Fsp3) is 0.500. The number of sulfonamides is 1. The molecule has 1 heterocycles. The zero-order chi connectivity index (χ0) is 18.8. The summed E-state index contributed by atoms with van der Waals surface area (Å²) in [5, 5.41) is 2.38. The van der Waals surface area contributed by atoms with Crippen LogP contribution >= 0.6 is 10.0 Å². The van der Waals surface area contributed by atoms with E-state index in [0.717, 1.165) is 35.5 Å². The monoisotopic (exact) mass is 395 g/mol. The minimum Gasteiger partial charge on any atom is -0.496 e. The summed E-state index contributed by atoms with van der Waals surface area (Å²) in [7, 11) is -2.45. The van der Waals surface area contributed by atoms with Crippen molar-refractivity contribution in [2.75, 3.05) is 43.7 Å². The fourth-order valence-corrected chi connectivity index (χ4v) is 8.50. The molecule has 0 saturated carbocycles. The van der Waals surface area contributed by atoms with Crippen molar-refractivity contribution in [3.05, 3.63) is 36.4 Å². The molecule has 2 aromatic rings. The number of benzene rings is 2. The molecule has 0 aromatic heterocycles. The number of hydrogen-bond acceptors (Lipinski definition) is 3. The van der Waals surface area contributed by atoms with E-state index in [2.05, 4.69) is 36.6 Å². The molecule has 2 aromatic carbocycles. The van der Waals surface area contributed by atoms with Crippen LogP contribution in [0.3, 0.4) is 0 Å². The molecule has 0 amide bonds. The Hall–Kier alpha value is -1.24. The highest BCUT2D eigenvalue weighted by atomic mass is 32.3. The molecule has 1 saturated heterocycles. The van der Waals surface area contributed by atoms with Crippen molar-refractivity contribution in [3.63, 3.8) is 0 Å². The second-order valence-electron chi connectivity index (χ2n) is 7.06. The molecule has 0 unspecified atom stereocenters. The van der Waals surface area contributed by atoms with Gasteiger partial charge in [-0.05, 0) is 46.6 Å². The van der Waals surface area contributed by atoms with Crippen molar-refractivity contribution in [2.24, 2.45) is 0 Å². The van der Waals surface area contributed by atoms with Crippen molar-refractivity contribution >= 4 is 30.8 Å². The predicted octanol–water partition coefficient (Wildman–Crippen LogP) is 4.09. The van der Waals surface area contributed by atoms with E-state index in [-0.39, 0.29) is 5.75 Å². The second kappa shape index (κ2) is 7.79. The molecule has 0 spiro atoms. The van der Waals surface area contributed by atoms with E-state index in [1.54, 1.807) is 11.4 Å². The molecule has 1 aliphatic heterocycles. The molecule has 1 fully saturated rings. The van der Waals surface area contributed by atoms with Crippen LogP contribution in [0.1, 0.15) is 19.8 Å². The Morgan fingerprint density at radius 3 is 2.35 bits per heavy atom. The number of methoxy groups -OCH3 is 1. The average molecular weight is 396 g/mol. The Morgan fingerprint density at radius 1 is 1.08 bits per heavy atom. The van der Waals surface area contributed by atoms with Crippen LogP contribution in [0.25, 0.3) is 10.8 Å². The molecule has 6 heteroatoms. The average Bonchev–Trinajstić information content (AvgIpc) is 2.65. The van der Waals surface area contributed by atoms with Gasteiger partial charge in [0.2, 0.25) is 10.0 Å². The second-order valence-corrected chi connectivity index (χ2v) is 13.0. The fourth-order valence-electron chi connectivity index (χ4n) is 3.63. The van der Waals surface area contributed by atoms with Crippen molar-refractivity contribution in [1.82, 2.24) is 4.31 Å². The Labute approximate surface area is 158 Å². The highest BCUT2D eigenvalue weighted by Crippen LogP contribution is 2.57. The van der Waals surface area contributed by atoms with Crippen LogP contribution in [-0.4, -0.2) is 56.4 Å². The number of nitrogens with zero attached hydrogens (tertiary/aromatic N) is 1. The van der Waals surface area contributed by atoms with E-state index in [4.69, 9.17) is 4.74 Å². The van der Waals surface area contributed by atoms with Gasteiger partial charge in [-0.3, -0.25) is 0 Å². The largest absolute Gasteiger partial charge is 0.496 e. The minimum atomic E-state index is -3.10. The van der Waals surface area contributed by atoms with Crippen LogP contribution in [0.5, 0.6) is 5.75 Å². The molecule has 3 rings (SSSR count). The quantitative estimate of drug-likeness (QED) is 0.740. The van der Waals surface area contributed by atoms with Crippen LogP contribution in [0, 0.1) is 0 Å². The first-order valence-electron chi connectivity index (χ1n) is 9.18. The Kier molecular flexibility index (Phi) is 5.85. The topological polar surface area (TPSA) is 46.6 Å². The van der Waals surface area contributed by atoms with Crippen LogP contribution in [0.15, 0.2) is 41.3 Å². The molecule has 0 atom stereocenters. The van der Waals surface area contributed by atoms with E-state index in [1.165, 1.54) is 10.3 Å². The van der Waals surface area contributed by atoms with Gasteiger partial charge in [0.15, 0.2) is 0 Å². The first-order chi connectivity index (χ1) is 12.4. The number of unbranched alkanes of at least 4 members (excludes halogenated alkanes) is 1. The third-order valence-electron chi connectivity index (χ3n) is 5.33. The van der Waals surface area contributed by atoms with Gasteiger partial charge in [0.25, 0.3) is 0 Å². The lowest BCUT2D eigenvalue weighted by atomic mass is 10.1. The summed E-state index contributed by atoms with van der Waals surface area (Å²) >= 11 is 0. The van der Waals surface area contributed by atoms with Crippen molar-refractivity contribution in [1.29, 1.82) is 0 Å². The smallest absolute Gasteiger partial charge is 0.214 e. The van der Waals surface area contributed by atoms with Crippen LogP contribution in [-0.2, 0) is 10.0 Å². The van der Waals surface area contributed by atoms with Crippen LogP contribution < -0.4 is 4.74 Å². The number of rotatable bonds is 6. The van der Waals surface area contributed by atoms with Gasteiger partial charge in [-0.1, -0.05) is 37.6 Å². The SMILES string of the molecule is CCCCS(=O)(=O)N1CCS(C)(c2ccc(OC)c3ccccc23)CC1. The summed E-state index contributed by atoms with van der Waals surface area (Å²) < 4.78 is 32.2. The molecule has 4 nitrogen and oxygen atoms in total. The molecule has 26 heavy (non-hydrogen) atoms. The Balaban J connectivity index is 1.87. The Bertz CT molecular complexity index is 872. The number of fused-ring (bicyclic) bond motifs is 1. The first kappa shape index (κ1) is 19.5. The molecule has 0 bridgehead atoms. The maximum Gasteiger partial charge on any atom is 0.214 e. The molecular formula is C20H29NO3S2. The molecule has 1 aliphatic rings. The summed E-state index contributed by atoms with van der Waals surface area (Å²) in [5.74, 6) is 3.02. The zero-order valence-electron chi connectivity index (χ0n) is 15.9. The maximum absolute atomic E-state index is 12.5. The molecular weight excluding hydrogens is 366 g/mol. The summed E-state index contributed by atoms with van der Waals surface area (Å²) in [6, 6.07) is 12.6. The van der Waals surface area contributed by atoms with Gasteiger partial charge in [-0.25, -0.2) is 22.8 Å². The van der Waals surface area contributed by atoms with E-state index >= 15 is 0 Å². The van der Waals surface area contributed by atoms with Crippen molar-refractivity contribution < 1.29 is 13.2 Å². The zero-order valence-corrected chi connectivity index (χ0v) is 17.5. The summed E-state index contributed by atoms with van der Waals surface area (Å²) in [6.07, 6.45) is 4.00. The van der Waals surface area contributed by atoms with E-state index in [0.29, 0.717) is 13.1 Å². The standard InChI is InChI=1S/C20H29NO3S2/c1-4-5-14-26(22,23)21-12-15-25(3,16-13-21)20-11-10-19(24-2)17-8-6-7-9-18(17)20/h6-11H,4-5,12-16H2,1-3H3. The lowest BCUT2D eigenvalue weighted by molar-refractivity contribution is 0.419. The molecule has 144 valence electrons. The third kappa shape index (κ3) is 3.73. The predicted molar refractivity (Wildman–Crippen MR) is 112 cm³/mol. The van der Waals surface area contributed by atoms with Crippen molar-refractivity contribution in [2.45, 2.75) is 24.7 Å². The van der Waals surface area contributed by atoms with E-state index in [9.17, 15) is 8.42 Å². The number of ether oxygens (including phenoxy) is 1. The highest BCUT2D eigenvalue weighted by molar-refractivity contribution is 8.33. The first-order valence-corrected chi connectivity index (χ1v) is 13.2. The summed E-state index contributed by atoms with van der Waals surface area (Å²) in [6.45, 7) is 3.30. The normalized spacial score (nSPS) is 19.3. The van der Waals surface area contributed by atoms with E-state index < -0.39 is 20.1 Å². The molecule has 0 aliphatic carbocycles. The van der Waals surface area contributed by atoms with Gasteiger partial charge in [0.05, 0.1) is 12.9 Å². The van der Waals surface area contributed by atoms with Gasteiger partial charge in [-0.2, -0.15) is 0 Å². The molecule has 0 radical (unpaired) electrons. The lowest BCUT2D eigenvalue weighted by Crippen LogP contribution is -2.43. The van der Waals surface area contributed by atoms with Gasteiger partial charge in [0.1, 0.15) is 5.75 Å². The van der Waals surface area contributed by atoms with E-state index in [1.807, 2.05) is 13.0 Å². The summed E-state index contributed by atoms with van der Waals surface area (Å²) in [4.78, 5) is 1.37. The van der Waals surface area contributed by atoms with Crippen LogP contribution in [0.2, 0.25) is 0 Å². The molecule has 0 N–H and O–H groups in total. The minimum absolute atomic E-state index is 0.279. The maximum atomic E-state index is 12.5.